The van der Waals surface area contributed by atoms with Crippen molar-refractivity contribution in [3.05, 3.63) is 76.2 Å². The maximum absolute atomic E-state index is 12.4. The third kappa shape index (κ3) is 4.99. The first-order valence-corrected chi connectivity index (χ1v) is 11.4. The second kappa shape index (κ2) is 9.92. The van der Waals surface area contributed by atoms with Gasteiger partial charge in [0.05, 0.1) is 11.7 Å². The summed E-state index contributed by atoms with van der Waals surface area (Å²) in [6.07, 6.45) is 5.86. The molecule has 0 radical (unpaired) electrons. The van der Waals surface area contributed by atoms with Crippen molar-refractivity contribution in [2.75, 3.05) is 19.6 Å². The Balaban J connectivity index is 0.00000231. The Kier molecular flexibility index (Phi) is 7.02. The first-order chi connectivity index (χ1) is 14.8. The van der Waals surface area contributed by atoms with Gasteiger partial charge in [-0.05, 0) is 55.6 Å². The Morgan fingerprint density at radius 1 is 1.03 bits per heavy atom. The lowest BCUT2D eigenvalue weighted by Gasteiger charge is -2.32. The van der Waals surface area contributed by atoms with Gasteiger partial charge in [0.25, 0.3) is 5.56 Å². The lowest BCUT2D eigenvalue weighted by molar-refractivity contribution is 0.191. The third-order valence-corrected chi connectivity index (χ3v) is 7.18. The van der Waals surface area contributed by atoms with Gasteiger partial charge in [-0.3, -0.25) is 9.78 Å². The van der Waals surface area contributed by atoms with Crippen LogP contribution in [0.4, 0.5) is 0 Å². The fraction of sp³-hybridized carbons (Fsp3) is 0.333. The van der Waals surface area contributed by atoms with Crippen LogP contribution < -0.4 is 10.9 Å². The Bertz CT molecular complexity index is 1180. The van der Waals surface area contributed by atoms with Gasteiger partial charge in [0, 0.05) is 52.9 Å². The molecule has 0 spiro atoms. The van der Waals surface area contributed by atoms with Gasteiger partial charge in [0.2, 0.25) is 0 Å². The predicted molar refractivity (Wildman–Crippen MR) is 131 cm³/mol. The zero-order valence-electron chi connectivity index (χ0n) is 17.4. The number of aromatic nitrogens is 2. The van der Waals surface area contributed by atoms with Crippen molar-refractivity contribution in [3.8, 4) is 0 Å². The highest BCUT2D eigenvalue weighted by Gasteiger charge is 2.19. The predicted octanol–water partition coefficient (Wildman–Crippen LogP) is 4.29. The molecule has 1 saturated heterocycles. The van der Waals surface area contributed by atoms with Gasteiger partial charge >= 0.3 is 0 Å². The molecule has 0 aliphatic carbocycles. The molecule has 1 aromatic carbocycles. The van der Waals surface area contributed by atoms with E-state index in [4.69, 9.17) is 0 Å². The summed E-state index contributed by atoms with van der Waals surface area (Å²) in [5.41, 5.74) is 0.972. The van der Waals surface area contributed by atoms with E-state index in [1.807, 2.05) is 28.0 Å². The molecule has 1 fully saturated rings. The van der Waals surface area contributed by atoms with Gasteiger partial charge < -0.3 is 14.8 Å². The van der Waals surface area contributed by atoms with E-state index in [0.717, 1.165) is 49.9 Å². The summed E-state index contributed by atoms with van der Waals surface area (Å²) in [4.78, 5) is 20.4. The molecule has 5 nitrogen and oxygen atoms in total. The van der Waals surface area contributed by atoms with E-state index < -0.39 is 0 Å². The molecule has 162 valence electrons. The van der Waals surface area contributed by atoms with E-state index in [1.165, 1.54) is 15.0 Å². The van der Waals surface area contributed by atoms with Crippen LogP contribution in [0.2, 0.25) is 0 Å². The van der Waals surface area contributed by atoms with Crippen LogP contribution in [0.1, 0.15) is 17.7 Å². The Morgan fingerprint density at radius 3 is 2.71 bits per heavy atom. The third-order valence-electron chi connectivity index (χ3n) is 6.06. The van der Waals surface area contributed by atoms with Crippen molar-refractivity contribution < 1.29 is 0 Å². The molecule has 0 saturated carbocycles. The van der Waals surface area contributed by atoms with E-state index in [2.05, 4.69) is 45.5 Å². The standard InChI is InChI=1S/C24H26N4OS.ClH/c29-24-6-5-18-7-10-25-17-22(18)28(24)14-13-27-11-8-20(9-12-27)26-16-21-15-19-3-1-2-4-23(19)30-21;/h1-7,10,15,17,20,26H,8-9,11-14,16H2;1H. The average molecular weight is 455 g/mol. The minimum atomic E-state index is 0. The number of pyridine rings is 2. The molecule has 4 aromatic rings. The summed E-state index contributed by atoms with van der Waals surface area (Å²) < 4.78 is 3.22. The molecular weight excluding hydrogens is 428 g/mol. The Labute approximate surface area is 192 Å². The summed E-state index contributed by atoms with van der Waals surface area (Å²) in [6.45, 7) is 4.70. The molecule has 0 bridgehead atoms. The number of benzene rings is 1. The zero-order valence-corrected chi connectivity index (χ0v) is 19.0. The van der Waals surface area contributed by atoms with Crippen LogP contribution >= 0.6 is 23.7 Å². The summed E-state index contributed by atoms with van der Waals surface area (Å²) in [7, 11) is 0. The molecule has 0 atom stereocenters. The van der Waals surface area contributed by atoms with Gasteiger partial charge in [-0.25, -0.2) is 0 Å². The maximum atomic E-state index is 12.4. The van der Waals surface area contributed by atoms with Crippen LogP contribution in [0.5, 0.6) is 0 Å². The van der Waals surface area contributed by atoms with Gasteiger partial charge in [-0.1, -0.05) is 18.2 Å². The number of nitrogens with zero attached hydrogens (tertiary/aromatic N) is 3. The molecule has 7 heteroatoms. The van der Waals surface area contributed by atoms with Gasteiger partial charge in [0.15, 0.2) is 0 Å². The molecular formula is C24H27ClN4OS. The number of rotatable bonds is 6. The SMILES string of the molecule is Cl.O=c1ccc2ccncc2n1CCN1CCC(NCc2cc3ccccc3s2)CC1. The van der Waals surface area contributed by atoms with Crippen LogP contribution in [0.3, 0.4) is 0 Å². The number of nitrogens with one attached hydrogen (secondary N) is 1. The van der Waals surface area contributed by atoms with E-state index >= 15 is 0 Å². The number of hydrogen-bond donors (Lipinski definition) is 1. The molecule has 0 unspecified atom stereocenters. The summed E-state index contributed by atoms with van der Waals surface area (Å²) in [6, 6.07) is 17.0. The van der Waals surface area contributed by atoms with Gasteiger partial charge in [0.1, 0.15) is 0 Å². The molecule has 4 heterocycles. The van der Waals surface area contributed by atoms with E-state index in [-0.39, 0.29) is 18.0 Å². The minimum Gasteiger partial charge on any atom is -0.309 e. The number of piperidine rings is 1. The van der Waals surface area contributed by atoms with Crippen molar-refractivity contribution in [1.82, 2.24) is 19.8 Å². The maximum Gasteiger partial charge on any atom is 0.251 e. The normalized spacial score (nSPS) is 15.4. The molecule has 1 N–H and O–H groups in total. The molecule has 1 aliphatic heterocycles. The monoisotopic (exact) mass is 454 g/mol. The van der Waals surface area contributed by atoms with Gasteiger partial charge in [-0.15, -0.1) is 23.7 Å². The summed E-state index contributed by atoms with van der Waals surface area (Å²) >= 11 is 1.88. The topological polar surface area (TPSA) is 50.2 Å². The van der Waals surface area contributed by atoms with Crippen molar-refractivity contribution in [1.29, 1.82) is 0 Å². The van der Waals surface area contributed by atoms with Crippen LogP contribution in [0, 0.1) is 0 Å². The Morgan fingerprint density at radius 2 is 1.87 bits per heavy atom. The zero-order chi connectivity index (χ0) is 20.3. The fourth-order valence-corrected chi connectivity index (χ4v) is 5.35. The molecule has 1 aliphatic rings. The first-order valence-electron chi connectivity index (χ1n) is 10.6. The second-order valence-electron chi connectivity index (χ2n) is 8.01. The van der Waals surface area contributed by atoms with E-state index in [9.17, 15) is 4.79 Å². The van der Waals surface area contributed by atoms with Crippen molar-refractivity contribution in [2.45, 2.75) is 32.0 Å². The van der Waals surface area contributed by atoms with E-state index in [0.29, 0.717) is 12.6 Å². The molecule has 0 amide bonds. The smallest absolute Gasteiger partial charge is 0.251 e. The number of likely N-dealkylation sites (tertiary alicyclic amines) is 1. The van der Waals surface area contributed by atoms with E-state index in [1.54, 1.807) is 18.5 Å². The highest BCUT2D eigenvalue weighted by Crippen LogP contribution is 2.25. The van der Waals surface area contributed by atoms with Crippen molar-refractivity contribution in [3.63, 3.8) is 0 Å². The molecule has 31 heavy (non-hydrogen) atoms. The number of hydrogen-bond acceptors (Lipinski definition) is 5. The minimum absolute atomic E-state index is 0. The number of fused-ring (bicyclic) bond motifs is 2. The highest BCUT2D eigenvalue weighted by atomic mass is 35.5. The van der Waals surface area contributed by atoms with Crippen LogP contribution in [-0.4, -0.2) is 40.1 Å². The van der Waals surface area contributed by atoms with Crippen molar-refractivity contribution in [2.24, 2.45) is 0 Å². The molecule has 5 rings (SSSR count). The highest BCUT2D eigenvalue weighted by molar-refractivity contribution is 7.19. The quantitative estimate of drug-likeness (QED) is 0.472. The van der Waals surface area contributed by atoms with Crippen LogP contribution in [0.15, 0.2) is 65.7 Å². The second-order valence-corrected chi connectivity index (χ2v) is 9.17. The Hall–Kier alpha value is -2.25. The van der Waals surface area contributed by atoms with Crippen LogP contribution in [0.25, 0.3) is 21.0 Å². The van der Waals surface area contributed by atoms with Crippen LogP contribution in [-0.2, 0) is 13.1 Å². The average Bonchev–Trinajstić information content (AvgIpc) is 3.21. The molecule has 3 aromatic heterocycles. The lowest BCUT2D eigenvalue weighted by Crippen LogP contribution is -2.43. The lowest BCUT2D eigenvalue weighted by atomic mass is 10.1. The summed E-state index contributed by atoms with van der Waals surface area (Å²) in [5.74, 6) is 0. The summed E-state index contributed by atoms with van der Waals surface area (Å²) in [5, 5.41) is 6.15. The van der Waals surface area contributed by atoms with Crippen molar-refractivity contribution >= 4 is 44.7 Å². The number of thiophene rings is 1. The first kappa shape index (κ1) is 22.0. The fourth-order valence-electron chi connectivity index (χ4n) is 4.33. The van der Waals surface area contributed by atoms with Gasteiger partial charge in [-0.2, -0.15) is 0 Å². The number of halogens is 1. The largest absolute Gasteiger partial charge is 0.309 e.